The van der Waals surface area contributed by atoms with Gasteiger partial charge in [0.1, 0.15) is 18.0 Å². The second-order valence-electron chi connectivity index (χ2n) is 5.73. The zero-order valence-corrected chi connectivity index (χ0v) is 15.7. The summed E-state index contributed by atoms with van der Waals surface area (Å²) >= 11 is 5.86. The lowest BCUT2D eigenvalue weighted by Crippen LogP contribution is -2.30. The predicted octanol–water partition coefficient (Wildman–Crippen LogP) is 3.48. The molecule has 1 N–H and O–H groups in total. The minimum atomic E-state index is -0.604. The Bertz CT molecular complexity index is 969. The molecule has 8 heteroatoms. The first-order chi connectivity index (χ1) is 13.6. The molecule has 0 saturated carbocycles. The highest BCUT2D eigenvalue weighted by molar-refractivity contribution is 6.30. The molecule has 0 unspecified atom stereocenters. The Morgan fingerprint density at radius 3 is 2.64 bits per heavy atom. The van der Waals surface area contributed by atoms with Crippen molar-refractivity contribution in [3.8, 4) is 17.0 Å². The first-order valence-corrected chi connectivity index (χ1v) is 8.73. The summed E-state index contributed by atoms with van der Waals surface area (Å²) in [7, 11) is 1.47. The molecule has 0 spiro atoms. The summed E-state index contributed by atoms with van der Waals surface area (Å²) in [5.74, 6) is -0.231. The Morgan fingerprint density at radius 2 is 1.89 bits per heavy atom. The van der Waals surface area contributed by atoms with E-state index < -0.39 is 11.9 Å². The SMILES string of the molecule is COc1ccccc1C(=O)NCC(=O)OCc1cc(-c2ccc(Cl)cc2)no1. The largest absolute Gasteiger partial charge is 0.496 e. The van der Waals surface area contributed by atoms with Crippen LogP contribution in [0.15, 0.2) is 59.1 Å². The van der Waals surface area contributed by atoms with E-state index in [-0.39, 0.29) is 13.2 Å². The minimum absolute atomic E-state index is 0.0933. The average Bonchev–Trinajstić information content (AvgIpc) is 3.20. The number of aromatic nitrogens is 1. The zero-order valence-electron chi connectivity index (χ0n) is 15.0. The van der Waals surface area contributed by atoms with Crippen molar-refractivity contribution in [1.29, 1.82) is 0 Å². The Kier molecular flexibility index (Phi) is 6.29. The van der Waals surface area contributed by atoms with Crippen LogP contribution in [0, 0.1) is 0 Å². The highest BCUT2D eigenvalue weighted by atomic mass is 35.5. The molecule has 0 aliphatic carbocycles. The first-order valence-electron chi connectivity index (χ1n) is 8.35. The third-order valence-electron chi connectivity index (χ3n) is 3.82. The van der Waals surface area contributed by atoms with Gasteiger partial charge in [-0.15, -0.1) is 0 Å². The average molecular weight is 401 g/mol. The van der Waals surface area contributed by atoms with Crippen LogP contribution >= 0.6 is 11.6 Å². The molecule has 0 radical (unpaired) electrons. The van der Waals surface area contributed by atoms with Crippen LogP contribution in [0.4, 0.5) is 0 Å². The number of carbonyl (C=O) groups excluding carboxylic acids is 2. The fraction of sp³-hybridized carbons (Fsp3) is 0.150. The number of rotatable bonds is 7. The molecule has 2 aromatic carbocycles. The van der Waals surface area contributed by atoms with Gasteiger partial charge >= 0.3 is 5.97 Å². The maximum absolute atomic E-state index is 12.2. The smallest absolute Gasteiger partial charge is 0.325 e. The number of nitrogens with one attached hydrogen (secondary N) is 1. The van der Waals surface area contributed by atoms with Crippen LogP contribution in [-0.4, -0.2) is 30.7 Å². The standard InChI is InChI=1S/C20H17ClN2O5/c1-26-18-5-3-2-4-16(18)20(25)22-11-19(24)27-12-15-10-17(23-28-15)13-6-8-14(21)9-7-13/h2-10H,11-12H2,1H3,(H,22,25). The van der Waals surface area contributed by atoms with Crippen LogP contribution in [0.2, 0.25) is 5.02 Å². The number of para-hydroxylation sites is 1. The maximum Gasteiger partial charge on any atom is 0.325 e. The fourth-order valence-electron chi connectivity index (χ4n) is 2.42. The summed E-state index contributed by atoms with van der Waals surface area (Å²) < 4.78 is 15.4. The second kappa shape index (κ2) is 9.05. The van der Waals surface area contributed by atoms with Gasteiger partial charge in [0.2, 0.25) is 0 Å². The number of halogens is 1. The molecule has 0 bridgehead atoms. The van der Waals surface area contributed by atoms with E-state index in [2.05, 4.69) is 10.5 Å². The van der Waals surface area contributed by atoms with Gasteiger partial charge < -0.3 is 19.3 Å². The molecular formula is C20H17ClN2O5. The van der Waals surface area contributed by atoms with Crippen molar-refractivity contribution in [3.63, 3.8) is 0 Å². The van der Waals surface area contributed by atoms with Crippen LogP contribution < -0.4 is 10.1 Å². The molecule has 1 heterocycles. The van der Waals surface area contributed by atoms with E-state index in [0.717, 1.165) is 5.56 Å². The van der Waals surface area contributed by atoms with Gasteiger partial charge in [0.15, 0.2) is 12.4 Å². The van der Waals surface area contributed by atoms with E-state index in [0.29, 0.717) is 27.8 Å². The van der Waals surface area contributed by atoms with E-state index in [9.17, 15) is 9.59 Å². The number of benzene rings is 2. The molecule has 3 aromatic rings. The van der Waals surface area contributed by atoms with Crippen molar-refractivity contribution in [2.45, 2.75) is 6.61 Å². The number of esters is 1. The van der Waals surface area contributed by atoms with Crippen LogP contribution in [0.1, 0.15) is 16.1 Å². The van der Waals surface area contributed by atoms with E-state index in [4.69, 9.17) is 25.6 Å². The second-order valence-corrected chi connectivity index (χ2v) is 6.17. The number of carbonyl (C=O) groups is 2. The quantitative estimate of drug-likeness (QED) is 0.610. The summed E-state index contributed by atoms with van der Waals surface area (Å²) in [5.41, 5.74) is 1.77. The number of methoxy groups -OCH3 is 1. The lowest BCUT2D eigenvalue weighted by atomic mass is 10.1. The molecule has 0 fully saturated rings. The van der Waals surface area contributed by atoms with Crippen molar-refractivity contribution in [2.24, 2.45) is 0 Å². The minimum Gasteiger partial charge on any atom is -0.496 e. The highest BCUT2D eigenvalue weighted by Gasteiger charge is 2.14. The molecule has 7 nitrogen and oxygen atoms in total. The zero-order chi connectivity index (χ0) is 19.9. The lowest BCUT2D eigenvalue weighted by molar-refractivity contribution is -0.144. The van der Waals surface area contributed by atoms with E-state index >= 15 is 0 Å². The van der Waals surface area contributed by atoms with Crippen molar-refractivity contribution in [2.75, 3.05) is 13.7 Å². The van der Waals surface area contributed by atoms with E-state index in [1.165, 1.54) is 7.11 Å². The van der Waals surface area contributed by atoms with Gasteiger partial charge in [-0.3, -0.25) is 9.59 Å². The Hall–Kier alpha value is -3.32. The van der Waals surface area contributed by atoms with Crippen LogP contribution in [-0.2, 0) is 16.1 Å². The number of nitrogens with zero attached hydrogens (tertiary/aromatic N) is 1. The molecule has 144 valence electrons. The van der Waals surface area contributed by atoms with Crippen molar-refractivity contribution in [3.05, 3.63) is 70.9 Å². The fourth-order valence-corrected chi connectivity index (χ4v) is 2.55. The topological polar surface area (TPSA) is 90.7 Å². The predicted molar refractivity (Wildman–Crippen MR) is 102 cm³/mol. The Morgan fingerprint density at radius 1 is 1.14 bits per heavy atom. The van der Waals surface area contributed by atoms with Crippen LogP contribution in [0.5, 0.6) is 5.75 Å². The highest BCUT2D eigenvalue weighted by Crippen LogP contribution is 2.21. The van der Waals surface area contributed by atoms with E-state index in [1.54, 1.807) is 42.5 Å². The molecule has 3 rings (SSSR count). The van der Waals surface area contributed by atoms with Crippen LogP contribution in [0.25, 0.3) is 11.3 Å². The van der Waals surface area contributed by atoms with Crippen molar-refractivity contribution < 1.29 is 23.6 Å². The monoisotopic (exact) mass is 400 g/mol. The Labute approximate surface area is 166 Å². The summed E-state index contributed by atoms with van der Waals surface area (Å²) in [6.45, 7) is -0.376. The first kappa shape index (κ1) is 19.4. The summed E-state index contributed by atoms with van der Waals surface area (Å²) in [6.07, 6.45) is 0. The van der Waals surface area contributed by atoms with E-state index in [1.807, 2.05) is 12.1 Å². The number of ether oxygens (including phenoxy) is 2. The molecule has 0 atom stereocenters. The van der Waals surface area contributed by atoms with Gasteiger partial charge in [-0.2, -0.15) is 0 Å². The van der Waals surface area contributed by atoms with Gasteiger partial charge in [0.05, 0.1) is 12.7 Å². The Balaban J connectivity index is 1.49. The van der Waals surface area contributed by atoms with Gasteiger partial charge in [-0.1, -0.05) is 41.0 Å². The normalized spacial score (nSPS) is 10.4. The molecule has 1 amide bonds. The third kappa shape index (κ3) is 4.89. The van der Waals surface area contributed by atoms with Gasteiger partial charge in [-0.25, -0.2) is 0 Å². The number of amides is 1. The van der Waals surface area contributed by atoms with Gasteiger partial charge in [0, 0.05) is 16.7 Å². The van der Waals surface area contributed by atoms with Crippen LogP contribution in [0.3, 0.4) is 0 Å². The molecular weight excluding hydrogens is 384 g/mol. The summed E-state index contributed by atoms with van der Waals surface area (Å²) in [5, 5.41) is 7.05. The number of hydrogen-bond acceptors (Lipinski definition) is 6. The number of hydrogen-bond donors (Lipinski definition) is 1. The maximum atomic E-state index is 12.2. The summed E-state index contributed by atoms with van der Waals surface area (Å²) in [6, 6.07) is 15.5. The lowest BCUT2D eigenvalue weighted by Gasteiger charge is -2.08. The molecule has 0 aliphatic rings. The molecule has 0 aliphatic heterocycles. The van der Waals surface area contributed by atoms with Gasteiger partial charge in [0.25, 0.3) is 5.91 Å². The van der Waals surface area contributed by atoms with Gasteiger partial charge in [-0.05, 0) is 24.3 Å². The molecule has 1 aromatic heterocycles. The molecule has 0 saturated heterocycles. The van der Waals surface area contributed by atoms with Crippen molar-refractivity contribution >= 4 is 23.5 Å². The molecule has 28 heavy (non-hydrogen) atoms. The summed E-state index contributed by atoms with van der Waals surface area (Å²) in [4.78, 5) is 24.0. The van der Waals surface area contributed by atoms with Crippen molar-refractivity contribution in [1.82, 2.24) is 10.5 Å². The third-order valence-corrected chi connectivity index (χ3v) is 4.07.